The summed E-state index contributed by atoms with van der Waals surface area (Å²) in [6.45, 7) is 5.16. The third kappa shape index (κ3) is 4.38. The highest BCUT2D eigenvalue weighted by Gasteiger charge is 2.43. The van der Waals surface area contributed by atoms with E-state index < -0.39 is 0 Å². The van der Waals surface area contributed by atoms with E-state index in [0.717, 1.165) is 12.8 Å². The van der Waals surface area contributed by atoms with E-state index in [1.54, 1.807) is 24.3 Å². The molecule has 1 fully saturated rings. The molecule has 0 bridgehead atoms. The maximum absolute atomic E-state index is 13.6. The van der Waals surface area contributed by atoms with Gasteiger partial charge in [-0.1, -0.05) is 23.7 Å². The lowest BCUT2D eigenvalue weighted by Crippen LogP contribution is -2.40. The van der Waals surface area contributed by atoms with E-state index in [1.807, 2.05) is 43.0 Å². The van der Waals surface area contributed by atoms with Gasteiger partial charge in [-0.3, -0.25) is 9.59 Å². The minimum Gasteiger partial charge on any atom is -0.491 e. The fraction of sp³-hybridized carbons (Fsp3) is 0.360. The summed E-state index contributed by atoms with van der Waals surface area (Å²) < 4.78 is 5.72. The van der Waals surface area contributed by atoms with Gasteiger partial charge in [-0.2, -0.15) is 0 Å². The first-order valence-corrected chi connectivity index (χ1v) is 11.3. The van der Waals surface area contributed by atoms with Crippen molar-refractivity contribution in [3.63, 3.8) is 0 Å². The number of benzene rings is 2. The minimum absolute atomic E-state index is 0.0366. The Morgan fingerprint density at radius 1 is 1.06 bits per heavy atom. The van der Waals surface area contributed by atoms with Gasteiger partial charge in [-0.05, 0) is 74.6 Å². The van der Waals surface area contributed by atoms with Crippen LogP contribution in [0.2, 0.25) is 5.02 Å². The summed E-state index contributed by atoms with van der Waals surface area (Å²) in [6.07, 6.45) is 1.79. The summed E-state index contributed by atoms with van der Waals surface area (Å²) in [5, 5.41) is 10.2. The zero-order valence-corrected chi connectivity index (χ0v) is 19.0. The molecule has 0 spiro atoms. The SMILES string of the molecule is CC(C)Oc1ccc(C2=C(N3CCCC(CO)C3)C(=O)N(c3ccc(Cl)cc3)C2=O)cc1. The van der Waals surface area contributed by atoms with Gasteiger partial charge in [0.2, 0.25) is 0 Å². The maximum Gasteiger partial charge on any atom is 0.282 e. The van der Waals surface area contributed by atoms with Gasteiger partial charge < -0.3 is 14.7 Å². The van der Waals surface area contributed by atoms with Crippen molar-refractivity contribution in [1.29, 1.82) is 0 Å². The molecule has 2 aromatic rings. The second-order valence-electron chi connectivity index (χ2n) is 8.47. The van der Waals surface area contributed by atoms with Crippen LogP contribution in [0.15, 0.2) is 54.2 Å². The van der Waals surface area contributed by atoms with E-state index in [1.165, 1.54) is 4.90 Å². The molecule has 1 saturated heterocycles. The molecule has 32 heavy (non-hydrogen) atoms. The first kappa shape index (κ1) is 22.4. The van der Waals surface area contributed by atoms with Crippen LogP contribution in [-0.4, -0.2) is 47.6 Å². The first-order chi connectivity index (χ1) is 15.4. The summed E-state index contributed by atoms with van der Waals surface area (Å²) >= 11 is 6.01. The average Bonchev–Trinajstić information content (AvgIpc) is 3.04. The zero-order chi connectivity index (χ0) is 22.8. The molecule has 2 amide bonds. The number of hydrogen-bond donors (Lipinski definition) is 1. The van der Waals surface area contributed by atoms with Crippen LogP contribution in [0.1, 0.15) is 32.3 Å². The van der Waals surface area contributed by atoms with Crippen LogP contribution in [0.5, 0.6) is 5.75 Å². The molecule has 2 aliphatic rings. The van der Waals surface area contributed by atoms with Crippen molar-refractivity contribution in [2.45, 2.75) is 32.8 Å². The van der Waals surface area contributed by atoms with Crippen LogP contribution in [0.3, 0.4) is 0 Å². The number of carbonyl (C=O) groups is 2. The van der Waals surface area contributed by atoms with E-state index >= 15 is 0 Å². The number of aliphatic hydroxyl groups is 1. The molecule has 6 nitrogen and oxygen atoms in total. The molecule has 2 aliphatic heterocycles. The Bertz CT molecular complexity index is 1030. The molecular weight excluding hydrogens is 428 g/mol. The summed E-state index contributed by atoms with van der Waals surface area (Å²) in [5.41, 5.74) is 1.91. The Balaban J connectivity index is 1.76. The highest BCUT2D eigenvalue weighted by molar-refractivity contribution is 6.45. The molecule has 0 saturated carbocycles. The van der Waals surface area contributed by atoms with Gasteiger partial charge in [-0.15, -0.1) is 0 Å². The number of nitrogens with zero attached hydrogens (tertiary/aromatic N) is 2. The van der Waals surface area contributed by atoms with E-state index in [0.29, 0.717) is 46.4 Å². The van der Waals surface area contributed by atoms with E-state index in [2.05, 4.69) is 0 Å². The number of halogens is 1. The van der Waals surface area contributed by atoms with Crippen molar-refractivity contribution in [2.24, 2.45) is 5.92 Å². The molecule has 0 aliphatic carbocycles. The summed E-state index contributed by atoms with van der Waals surface area (Å²) in [5.74, 6) is 0.0618. The number of amides is 2. The lowest BCUT2D eigenvalue weighted by Gasteiger charge is -2.34. The van der Waals surface area contributed by atoms with Crippen LogP contribution in [-0.2, 0) is 9.59 Å². The van der Waals surface area contributed by atoms with Gasteiger partial charge in [0.25, 0.3) is 11.8 Å². The summed E-state index contributed by atoms with van der Waals surface area (Å²) in [7, 11) is 0. The van der Waals surface area contributed by atoms with Crippen molar-refractivity contribution in [3.8, 4) is 5.75 Å². The standard InChI is InChI=1S/C25H27ClN2O4/c1-16(2)32-21-11-5-18(6-12-21)22-23(27-13-3-4-17(14-27)15-29)25(31)28(24(22)30)20-9-7-19(26)8-10-20/h5-12,16-17,29H,3-4,13-15H2,1-2H3. The monoisotopic (exact) mass is 454 g/mol. The number of rotatable bonds is 6. The lowest BCUT2D eigenvalue weighted by molar-refractivity contribution is -0.120. The van der Waals surface area contributed by atoms with Crippen LogP contribution in [0.25, 0.3) is 5.57 Å². The van der Waals surface area contributed by atoms with Crippen LogP contribution in [0.4, 0.5) is 5.69 Å². The number of aliphatic hydroxyl groups excluding tert-OH is 1. The Hall–Kier alpha value is -2.83. The van der Waals surface area contributed by atoms with Crippen molar-refractivity contribution in [3.05, 3.63) is 64.8 Å². The number of imide groups is 1. The second-order valence-corrected chi connectivity index (χ2v) is 8.91. The number of likely N-dealkylation sites (tertiary alicyclic amines) is 1. The van der Waals surface area contributed by atoms with Gasteiger partial charge >= 0.3 is 0 Å². The molecule has 1 atom stereocenters. The number of piperidine rings is 1. The van der Waals surface area contributed by atoms with E-state index in [9.17, 15) is 14.7 Å². The quantitative estimate of drug-likeness (QED) is 0.665. The number of hydrogen-bond acceptors (Lipinski definition) is 5. The maximum atomic E-state index is 13.6. The fourth-order valence-corrected chi connectivity index (χ4v) is 4.41. The topological polar surface area (TPSA) is 70.1 Å². The molecule has 0 aromatic heterocycles. The highest BCUT2D eigenvalue weighted by Crippen LogP contribution is 2.37. The Morgan fingerprint density at radius 2 is 1.75 bits per heavy atom. The van der Waals surface area contributed by atoms with Crippen molar-refractivity contribution >= 4 is 34.7 Å². The van der Waals surface area contributed by atoms with Crippen LogP contribution < -0.4 is 9.64 Å². The zero-order valence-electron chi connectivity index (χ0n) is 18.3. The Labute approximate surface area is 193 Å². The van der Waals surface area contributed by atoms with Gasteiger partial charge in [0, 0.05) is 24.7 Å². The van der Waals surface area contributed by atoms with Gasteiger partial charge in [0.05, 0.1) is 17.4 Å². The highest BCUT2D eigenvalue weighted by atomic mass is 35.5. The molecule has 7 heteroatoms. The summed E-state index contributed by atoms with van der Waals surface area (Å²) in [4.78, 5) is 30.3. The average molecular weight is 455 g/mol. The minimum atomic E-state index is -0.365. The van der Waals surface area contributed by atoms with Crippen LogP contribution in [0, 0.1) is 5.92 Å². The predicted molar refractivity (Wildman–Crippen MR) is 124 cm³/mol. The number of anilines is 1. The van der Waals surface area contributed by atoms with Gasteiger partial charge in [0.1, 0.15) is 11.4 Å². The first-order valence-electron chi connectivity index (χ1n) is 10.9. The molecule has 168 valence electrons. The largest absolute Gasteiger partial charge is 0.491 e. The number of ether oxygens (including phenoxy) is 1. The normalized spacial score (nSPS) is 19.3. The van der Waals surface area contributed by atoms with E-state index in [4.69, 9.17) is 16.3 Å². The Kier molecular flexibility index (Phi) is 6.53. The molecular formula is C25H27ClN2O4. The molecule has 4 rings (SSSR count). The second kappa shape index (κ2) is 9.35. The van der Waals surface area contributed by atoms with Crippen LogP contribution >= 0.6 is 11.6 Å². The number of carbonyl (C=O) groups excluding carboxylic acids is 2. The van der Waals surface area contributed by atoms with Gasteiger partial charge in [0.15, 0.2) is 0 Å². The van der Waals surface area contributed by atoms with Gasteiger partial charge in [-0.25, -0.2) is 4.90 Å². The molecule has 1 unspecified atom stereocenters. The third-order valence-electron chi connectivity index (χ3n) is 5.75. The molecule has 2 aromatic carbocycles. The fourth-order valence-electron chi connectivity index (χ4n) is 4.29. The van der Waals surface area contributed by atoms with Crippen molar-refractivity contribution < 1.29 is 19.4 Å². The van der Waals surface area contributed by atoms with E-state index in [-0.39, 0.29) is 30.4 Å². The third-order valence-corrected chi connectivity index (χ3v) is 6.00. The smallest absolute Gasteiger partial charge is 0.282 e. The lowest BCUT2D eigenvalue weighted by atomic mass is 9.97. The Morgan fingerprint density at radius 3 is 2.38 bits per heavy atom. The molecule has 0 radical (unpaired) electrons. The predicted octanol–water partition coefficient (Wildman–Crippen LogP) is 4.12. The molecule has 1 N–H and O–H groups in total. The van der Waals surface area contributed by atoms with Crippen molar-refractivity contribution in [1.82, 2.24) is 4.90 Å². The molecule has 2 heterocycles. The summed E-state index contributed by atoms with van der Waals surface area (Å²) in [6, 6.07) is 13.9. The van der Waals surface area contributed by atoms with Crippen molar-refractivity contribution in [2.75, 3.05) is 24.6 Å².